The second-order valence-corrected chi connectivity index (χ2v) is 30.3. The minimum absolute atomic E-state index is 0.0414. The molecule has 5 aromatic carbocycles. The molecule has 2 amide bonds. The van der Waals surface area contributed by atoms with Crippen LogP contribution in [0.1, 0.15) is 136 Å². The zero-order chi connectivity index (χ0) is 75.4. The number of H-pyrrole nitrogens is 1. The van der Waals surface area contributed by atoms with E-state index in [0.29, 0.717) is 148 Å². The number of halogens is 2. The Morgan fingerprint density at radius 1 is 0.838 bits per heavy atom. The summed E-state index contributed by atoms with van der Waals surface area (Å²) in [5, 5.41) is 50.6. The Labute approximate surface area is 618 Å². The number of fused-ring (bicyclic) bond motifs is 6. The van der Waals surface area contributed by atoms with Crippen molar-refractivity contribution in [3.05, 3.63) is 171 Å². The minimum atomic E-state index is -2.53. The number of nitrogens with two attached hydrogens (primary N) is 1. The summed E-state index contributed by atoms with van der Waals surface area (Å²) in [7, 11) is 4.09. The number of carbonyl (C=O) groups is 6. The highest BCUT2D eigenvalue weighted by Gasteiger charge is 2.81. The fraction of sp³-hybridized carbons (Fsp3) is 0.506. The molecule has 11 atom stereocenters. The van der Waals surface area contributed by atoms with Crippen LogP contribution in [0.4, 0.5) is 10.1 Å². The molecule has 1 aliphatic carbocycles. The molecule has 1 aromatic heterocycles. The summed E-state index contributed by atoms with van der Waals surface area (Å²) in [4.78, 5) is 91.3. The van der Waals surface area contributed by atoms with E-state index in [1.807, 2.05) is 88.4 Å². The molecule has 1 unspecified atom stereocenters. The van der Waals surface area contributed by atoms with Crippen LogP contribution in [0.15, 0.2) is 121 Å². The third-order valence-corrected chi connectivity index (χ3v) is 23.4. The topological polar surface area (TPSA) is 296 Å². The molecular weight excluding hydrogens is 1370 g/mol. The zero-order valence-corrected chi connectivity index (χ0v) is 62.1. The Morgan fingerprint density at radius 3 is 2.18 bits per heavy atom. The number of aliphatic hydroxyl groups excluding tert-OH is 1. The number of nitrogens with one attached hydrogen (secondary N) is 2. The van der Waals surface area contributed by atoms with Gasteiger partial charge in [0.2, 0.25) is 17.9 Å². The fourth-order valence-corrected chi connectivity index (χ4v) is 18.5. The second kappa shape index (κ2) is 32.2. The predicted octanol–water partition coefficient (Wildman–Crippen LogP) is 8.40. The number of aliphatic hydroxyl groups is 4. The number of nitrogens with zero attached hydrogens (tertiary/aromatic N) is 4. The number of rotatable bonds is 22. The van der Waals surface area contributed by atoms with Crippen molar-refractivity contribution >= 4 is 64.2 Å². The van der Waals surface area contributed by atoms with Gasteiger partial charge in [0.15, 0.2) is 11.9 Å². The number of Topliss-reactive ketones (excluding diaryl/α,β-unsaturated/α-hetero) is 1. The van der Waals surface area contributed by atoms with Crippen molar-refractivity contribution in [2.45, 2.75) is 163 Å². The molecule has 22 nitrogen and oxygen atoms in total. The molecule has 6 aromatic rings. The van der Waals surface area contributed by atoms with Crippen LogP contribution in [0.25, 0.3) is 10.9 Å². The van der Waals surface area contributed by atoms with Gasteiger partial charge in [0, 0.05) is 121 Å². The number of primary amides is 1. The van der Waals surface area contributed by atoms with Gasteiger partial charge in [-0.15, -0.1) is 0 Å². The van der Waals surface area contributed by atoms with E-state index in [9.17, 15) is 48.8 Å². The van der Waals surface area contributed by atoms with Crippen molar-refractivity contribution in [3.63, 3.8) is 0 Å². The molecule has 1 spiro atoms. The Bertz CT molecular complexity index is 4150. The summed E-state index contributed by atoms with van der Waals surface area (Å²) in [6.07, 6.45) is 8.05. The maximum Gasteiger partial charge on any atom is 0.344 e. The van der Waals surface area contributed by atoms with E-state index in [4.69, 9.17) is 41.0 Å². The van der Waals surface area contributed by atoms with E-state index in [1.54, 1.807) is 30.3 Å². The van der Waals surface area contributed by atoms with E-state index in [-0.39, 0.29) is 42.9 Å². The standard InChI is InChI=1S/C46H56N4O10.C21H23ClFNO2.C14H22N2O3/c1-7-42(55)22-28-23-45(40(53)58-5,36-30(14-18-48(24-28)25-42)29-12-9-10-13-33(29)47-36)32-20-31-34(21-35(32)57-4)50(26-51)38-44(31)16-19-49-17-11-15-43(8-2,37(44)49)39(60-27(3)52)46(38,56)41(54)59-6;22-18-7-5-17(6-8-18)21(26)11-14-24(15-12-21)13-1-2-20(25)16-3-9-19(23)10-4-16;1-10(2)16-8-12(17)9-19-13-5-3-11(4-6-13)7-14(15)18/h9-13,15,20-21,26,28,37-39,47,55-56H,7-8,14,16-19,22-25H2,1-6H3;3-10,26H,1-2,11-15H2;3-6,10,12,16-17H,7-9H2,1-2H3,(H2,15,18)/t28-,37+,38-,39-,42+,43-,44-,45+,46+;;/m1../s1. The molecule has 4 fully saturated rings. The number of hydrogen-bond acceptors (Lipinski definition) is 19. The molecular formula is C81H101ClFN7O15. The zero-order valence-electron chi connectivity index (χ0n) is 61.3. The molecule has 3 saturated heterocycles. The van der Waals surface area contributed by atoms with Gasteiger partial charge in [-0.1, -0.05) is 93.9 Å². The van der Waals surface area contributed by atoms with Crippen molar-refractivity contribution in [1.29, 1.82) is 0 Å². The first-order chi connectivity index (χ1) is 50.2. The summed E-state index contributed by atoms with van der Waals surface area (Å²) in [6, 6.07) is 30.5. The molecule has 105 heavy (non-hydrogen) atoms. The van der Waals surface area contributed by atoms with Gasteiger partial charge in [-0.2, -0.15) is 0 Å². The molecule has 2 bridgehead atoms. The number of piperidine rings is 2. The van der Waals surface area contributed by atoms with Crippen molar-refractivity contribution in [2.24, 2.45) is 17.1 Å². The molecule has 1 saturated carbocycles. The van der Waals surface area contributed by atoms with Gasteiger partial charge in [-0.3, -0.25) is 33.8 Å². The lowest BCUT2D eigenvalue weighted by molar-refractivity contribution is -0.228. The number of esters is 3. The number of para-hydroxylation sites is 1. The van der Waals surface area contributed by atoms with Gasteiger partial charge in [-0.05, 0) is 160 Å². The summed E-state index contributed by atoms with van der Waals surface area (Å²) < 4.78 is 42.0. The van der Waals surface area contributed by atoms with Crippen LogP contribution < -0.4 is 25.4 Å². The molecule has 7 heterocycles. The number of ketones is 1. The Morgan fingerprint density at radius 2 is 1.54 bits per heavy atom. The lowest BCUT2D eigenvalue weighted by atomic mass is 9.47. The fourth-order valence-electron chi connectivity index (χ4n) is 18.3. The highest BCUT2D eigenvalue weighted by Crippen LogP contribution is 2.68. The first kappa shape index (κ1) is 78.0. The molecule has 8 N–H and O–H groups in total. The second-order valence-electron chi connectivity index (χ2n) is 29.8. The number of aromatic amines is 1. The molecule has 0 radical (unpaired) electrons. The average molecular weight is 1470 g/mol. The first-order valence-electron chi connectivity index (χ1n) is 36.6. The monoisotopic (exact) mass is 1470 g/mol. The maximum atomic E-state index is 15.3. The van der Waals surface area contributed by atoms with Gasteiger partial charge < -0.3 is 69.9 Å². The van der Waals surface area contributed by atoms with Gasteiger partial charge >= 0.3 is 17.9 Å². The van der Waals surface area contributed by atoms with Crippen LogP contribution in [0, 0.1) is 17.2 Å². The number of anilines is 1. The summed E-state index contributed by atoms with van der Waals surface area (Å²) >= 11 is 5.92. The quantitative estimate of drug-likeness (QED) is 0.0110. The van der Waals surface area contributed by atoms with Crippen molar-refractivity contribution in [1.82, 2.24) is 25.0 Å². The largest absolute Gasteiger partial charge is 0.496 e. The molecule has 13 rings (SSSR count). The number of aromatic nitrogens is 1. The van der Waals surface area contributed by atoms with Crippen LogP contribution >= 0.6 is 11.6 Å². The highest BCUT2D eigenvalue weighted by molar-refractivity contribution is 6.30. The van der Waals surface area contributed by atoms with Crippen LogP contribution in [0.3, 0.4) is 0 Å². The van der Waals surface area contributed by atoms with Crippen LogP contribution in [0.5, 0.6) is 11.5 Å². The van der Waals surface area contributed by atoms with E-state index < -0.39 is 75.2 Å². The Kier molecular flexibility index (Phi) is 23.9. The third kappa shape index (κ3) is 15.2. The smallest absolute Gasteiger partial charge is 0.344 e. The maximum absolute atomic E-state index is 15.3. The highest BCUT2D eigenvalue weighted by atomic mass is 35.5. The SMILES string of the molecule is CC(C)NCC(O)COc1ccc(CC(N)=O)cc1.CC[C@]1(O)C[C@H]2C[N@](CCc3c([nH]c4ccccc34)[C@@](C(=O)OC)(c3cc4c(cc3OC)N(C=O)[C@H]3[C@@](O)(C(=O)OC)[C@H](OC(C)=O)[C@]5(CC)C=CCN6CC[C@]43[C@@H]65)C2)C1.O=C(CCCN1CCC(O)(c2ccc(Cl)cc2)CC1)c1ccc(F)cc1. The van der Waals surface area contributed by atoms with Crippen molar-refractivity contribution < 1.29 is 77.3 Å². The van der Waals surface area contributed by atoms with Crippen LogP contribution in [0.2, 0.25) is 5.02 Å². The summed E-state index contributed by atoms with van der Waals surface area (Å²) in [5.74, 6) is -2.05. The van der Waals surface area contributed by atoms with Crippen LogP contribution in [-0.2, 0) is 67.5 Å². The number of amides is 2. The van der Waals surface area contributed by atoms with E-state index in [2.05, 4.69) is 31.1 Å². The lowest BCUT2D eigenvalue weighted by Gasteiger charge is -2.63. The van der Waals surface area contributed by atoms with Crippen molar-refractivity contribution in [3.8, 4) is 11.5 Å². The van der Waals surface area contributed by atoms with Gasteiger partial charge in [0.1, 0.15) is 35.4 Å². The number of carbonyl (C=O) groups excluding carboxylic acids is 6. The number of likely N-dealkylation sites (tertiary alicyclic amines) is 1. The normalized spacial score (nSPS) is 27.3. The van der Waals surface area contributed by atoms with E-state index in [0.717, 1.165) is 53.6 Å². The van der Waals surface area contributed by atoms with E-state index >= 15 is 4.79 Å². The number of benzene rings is 5. The minimum Gasteiger partial charge on any atom is -0.496 e. The third-order valence-electron chi connectivity index (χ3n) is 23.1. The predicted molar refractivity (Wildman–Crippen MR) is 396 cm³/mol. The van der Waals surface area contributed by atoms with Crippen LogP contribution in [-0.4, -0.2) is 204 Å². The Balaban J connectivity index is 0.000000200. The van der Waals surface area contributed by atoms with Gasteiger partial charge in [0.25, 0.3) is 0 Å². The number of ether oxygens (including phenoxy) is 5. The van der Waals surface area contributed by atoms with Gasteiger partial charge in [0.05, 0.1) is 50.7 Å². The number of hydrogen-bond donors (Lipinski definition) is 7. The lowest BCUT2D eigenvalue weighted by Crippen LogP contribution is -2.81. The molecule has 564 valence electrons. The number of methoxy groups -OCH3 is 3. The van der Waals surface area contributed by atoms with Gasteiger partial charge in [-0.25, -0.2) is 9.18 Å². The molecule has 7 aliphatic rings. The Hall–Kier alpha value is -8.10. The average Bonchev–Trinajstić information content (AvgIpc) is 1.49. The molecule has 6 aliphatic heterocycles. The van der Waals surface area contributed by atoms with Crippen molar-refractivity contribution in [2.75, 3.05) is 91.7 Å². The van der Waals surface area contributed by atoms with E-state index in [1.165, 1.54) is 57.4 Å². The first-order valence-corrected chi connectivity index (χ1v) is 37.0. The molecule has 24 heteroatoms. The summed E-state index contributed by atoms with van der Waals surface area (Å²) in [6.45, 7) is 15.3. The summed E-state index contributed by atoms with van der Waals surface area (Å²) in [5.41, 5.74) is 3.47.